The maximum Gasteiger partial charge on any atom is 0.235 e. The van der Waals surface area contributed by atoms with Crippen LogP contribution in [0.4, 0.5) is 11.4 Å². The van der Waals surface area contributed by atoms with Crippen LogP contribution in [0.5, 0.6) is 11.5 Å². The van der Waals surface area contributed by atoms with E-state index >= 15 is 0 Å². The SMILES string of the molecule is COc1ccc2c(c1)[C@]1(C[C@H]1C1CCC3C(C1)NNC3Nc1cccc3c1OCC3)C(=O)N2. The first-order chi connectivity index (χ1) is 16.2. The highest BCUT2D eigenvalue weighted by Crippen LogP contribution is 2.65. The molecule has 1 amide bonds. The molecule has 7 rings (SSSR count). The second kappa shape index (κ2) is 7.11. The number of methoxy groups -OCH3 is 1. The Balaban J connectivity index is 1.06. The smallest absolute Gasteiger partial charge is 0.235 e. The molecule has 2 aromatic rings. The molecule has 2 aromatic carbocycles. The zero-order valence-corrected chi connectivity index (χ0v) is 18.8. The summed E-state index contributed by atoms with van der Waals surface area (Å²) in [5.74, 6) is 3.48. The van der Waals surface area contributed by atoms with Crippen LogP contribution >= 0.6 is 0 Å². The summed E-state index contributed by atoms with van der Waals surface area (Å²) in [4.78, 5) is 13.0. The van der Waals surface area contributed by atoms with Crippen molar-refractivity contribution >= 4 is 17.3 Å². The van der Waals surface area contributed by atoms with E-state index in [0.29, 0.717) is 23.8 Å². The van der Waals surface area contributed by atoms with Crippen molar-refractivity contribution in [3.63, 3.8) is 0 Å². The van der Waals surface area contributed by atoms with Gasteiger partial charge in [-0.3, -0.25) is 10.2 Å². The van der Waals surface area contributed by atoms with Gasteiger partial charge in [-0.05, 0) is 72.9 Å². The van der Waals surface area contributed by atoms with Crippen molar-refractivity contribution in [2.24, 2.45) is 17.8 Å². The number of ether oxygens (including phenoxy) is 2. The third-order valence-corrected chi connectivity index (χ3v) is 8.77. The molecule has 2 saturated carbocycles. The third kappa shape index (κ3) is 2.85. The van der Waals surface area contributed by atoms with Gasteiger partial charge in [-0.2, -0.15) is 0 Å². The fraction of sp³-hybridized carbons (Fsp3) is 0.500. The minimum absolute atomic E-state index is 0.174. The predicted molar refractivity (Wildman–Crippen MR) is 125 cm³/mol. The molecule has 3 fully saturated rings. The fourth-order valence-electron chi connectivity index (χ4n) is 7.01. The second-order valence-corrected chi connectivity index (χ2v) is 10.3. The van der Waals surface area contributed by atoms with Crippen LogP contribution in [0.2, 0.25) is 0 Å². The van der Waals surface area contributed by atoms with Gasteiger partial charge in [0, 0.05) is 24.1 Å². The van der Waals surface area contributed by atoms with E-state index in [-0.39, 0.29) is 17.5 Å². The second-order valence-electron chi connectivity index (χ2n) is 10.3. The van der Waals surface area contributed by atoms with Crippen LogP contribution in [0.3, 0.4) is 0 Å². The van der Waals surface area contributed by atoms with Crippen LogP contribution in [0, 0.1) is 17.8 Å². The number of hydrogen-bond acceptors (Lipinski definition) is 6. The number of fused-ring (bicyclic) bond motifs is 4. The number of anilines is 2. The Hall–Kier alpha value is -2.77. The predicted octanol–water partition coefficient (Wildman–Crippen LogP) is 3.17. The molecule has 33 heavy (non-hydrogen) atoms. The normalized spacial score (nSPS) is 35.4. The van der Waals surface area contributed by atoms with Gasteiger partial charge in [-0.15, -0.1) is 0 Å². The summed E-state index contributed by atoms with van der Waals surface area (Å²) >= 11 is 0. The van der Waals surface area contributed by atoms with E-state index in [9.17, 15) is 4.79 Å². The molecule has 0 radical (unpaired) electrons. The number of benzene rings is 2. The molecule has 3 aliphatic heterocycles. The topological polar surface area (TPSA) is 83.7 Å². The summed E-state index contributed by atoms with van der Waals surface area (Å²) in [7, 11) is 1.68. The van der Waals surface area contributed by atoms with E-state index < -0.39 is 0 Å². The first kappa shape index (κ1) is 19.7. The number of hydrazine groups is 1. The quantitative estimate of drug-likeness (QED) is 0.578. The molecule has 4 N–H and O–H groups in total. The first-order valence-electron chi connectivity index (χ1n) is 12.2. The van der Waals surface area contributed by atoms with Crippen molar-refractivity contribution in [2.75, 3.05) is 24.4 Å². The average Bonchev–Trinajstić information content (AvgIpc) is 3.08. The highest BCUT2D eigenvalue weighted by Gasteiger charge is 2.67. The Labute approximate surface area is 193 Å². The molecule has 172 valence electrons. The summed E-state index contributed by atoms with van der Waals surface area (Å²) in [5, 5.41) is 6.83. The van der Waals surface area contributed by atoms with Crippen LogP contribution in [0.15, 0.2) is 36.4 Å². The lowest BCUT2D eigenvalue weighted by Gasteiger charge is -2.34. The number of para-hydroxylation sites is 1. The monoisotopic (exact) mass is 446 g/mol. The van der Waals surface area contributed by atoms with Crippen molar-refractivity contribution in [1.82, 2.24) is 10.9 Å². The largest absolute Gasteiger partial charge is 0.497 e. The van der Waals surface area contributed by atoms with E-state index in [0.717, 1.165) is 67.1 Å². The van der Waals surface area contributed by atoms with Crippen LogP contribution in [-0.4, -0.2) is 31.8 Å². The molecule has 0 aromatic heterocycles. The van der Waals surface area contributed by atoms with Gasteiger partial charge < -0.3 is 20.1 Å². The maximum atomic E-state index is 13.0. The number of amides is 1. The maximum absolute atomic E-state index is 13.0. The molecule has 1 spiro atoms. The Morgan fingerprint density at radius 3 is 3.03 bits per heavy atom. The lowest BCUT2D eigenvalue weighted by Crippen LogP contribution is -2.39. The van der Waals surface area contributed by atoms with Crippen molar-refractivity contribution in [2.45, 2.75) is 49.7 Å². The molecule has 2 aliphatic carbocycles. The Kier molecular flexibility index (Phi) is 4.24. The highest BCUT2D eigenvalue weighted by molar-refractivity contribution is 6.09. The molecule has 3 heterocycles. The number of nitrogens with one attached hydrogen (secondary N) is 4. The Morgan fingerprint density at radius 1 is 1.18 bits per heavy atom. The minimum Gasteiger partial charge on any atom is -0.497 e. The standard InChI is InChI=1S/C26H30N4O3/c1-32-16-6-8-20-18(12-16)26(25(31)28-20)13-19(26)15-5-7-17-22(11-15)29-30-24(17)27-21-4-2-3-14-9-10-33-23(14)21/h2-4,6,8,12,15,17,19,22,24,27,29-30H,5,7,9-11,13H2,1H3,(H,28,31)/t15?,17?,19-,22?,24?,26-/m0/s1. The average molecular weight is 447 g/mol. The van der Waals surface area contributed by atoms with Gasteiger partial charge in [0.05, 0.1) is 31.0 Å². The zero-order chi connectivity index (χ0) is 22.2. The molecule has 1 saturated heterocycles. The van der Waals surface area contributed by atoms with E-state index in [2.05, 4.69) is 45.8 Å². The van der Waals surface area contributed by atoms with Crippen molar-refractivity contribution in [1.29, 1.82) is 0 Å². The molecule has 0 bridgehead atoms. The van der Waals surface area contributed by atoms with E-state index in [4.69, 9.17) is 9.47 Å². The van der Waals surface area contributed by atoms with Crippen LogP contribution in [-0.2, 0) is 16.6 Å². The number of hydrogen-bond donors (Lipinski definition) is 4. The summed E-state index contributed by atoms with van der Waals surface area (Å²) in [6, 6.07) is 12.8. The molecule has 5 aliphatic rings. The van der Waals surface area contributed by atoms with Crippen LogP contribution in [0.25, 0.3) is 0 Å². The summed E-state index contributed by atoms with van der Waals surface area (Å²) in [6.07, 6.45) is 5.51. The third-order valence-electron chi connectivity index (χ3n) is 8.77. The summed E-state index contributed by atoms with van der Waals surface area (Å²) in [6.45, 7) is 0.768. The molecular formula is C26H30N4O3. The van der Waals surface area contributed by atoms with Gasteiger partial charge >= 0.3 is 0 Å². The van der Waals surface area contributed by atoms with Crippen LogP contribution < -0.4 is 31.0 Å². The number of carbonyl (C=O) groups excluding carboxylic acids is 1. The lowest BCUT2D eigenvalue weighted by molar-refractivity contribution is -0.118. The van der Waals surface area contributed by atoms with E-state index in [1.807, 2.05) is 12.1 Å². The Morgan fingerprint density at radius 2 is 2.12 bits per heavy atom. The van der Waals surface area contributed by atoms with E-state index in [1.165, 1.54) is 5.56 Å². The molecule has 4 unspecified atom stereocenters. The lowest BCUT2D eigenvalue weighted by atomic mass is 9.74. The molecule has 7 heteroatoms. The van der Waals surface area contributed by atoms with Gasteiger partial charge in [0.25, 0.3) is 0 Å². The van der Waals surface area contributed by atoms with Gasteiger partial charge in [0.2, 0.25) is 5.91 Å². The van der Waals surface area contributed by atoms with Crippen LogP contribution in [0.1, 0.15) is 36.8 Å². The summed E-state index contributed by atoms with van der Waals surface area (Å²) in [5.41, 5.74) is 11.2. The number of carbonyl (C=O) groups is 1. The number of rotatable bonds is 4. The van der Waals surface area contributed by atoms with Gasteiger partial charge in [0.15, 0.2) is 0 Å². The minimum atomic E-state index is -0.354. The summed E-state index contributed by atoms with van der Waals surface area (Å²) < 4.78 is 11.3. The fourth-order valence-corrected chi connectivity index (χ4v) is 7.01. The van der Waals surface area contributed by atoms with Gasteiger partial charge in [-0.1, -0.05) is 12.1 Å². The van der Waals surface area contributed by atoms with E-state index in [1.54, 1.807) is 7.11 Å². The molecule has 6 atom stereocenters. The highest BCUT2D eigenvalue weighted by atomic mass is 16.5. The molecular weight excluding hydrogens is 416 g/mol. The van der Waals surface area contributed by atoms with Gasteiger partial charge in [-0.25, -0.2) is 5.43 Å². The van der Waals surface area contributed by atoms with Crippen molar-refractivity contribution < 1.29 is 14.3 Å². The van der Waals surface area contributed by atoms with Crippen molar-refractivity contribution in [3.05, 3.63) is 47.5 Å². The van der Waals surface area contributed by atoms with Gasteiger partial charge in [0.1, 0.15) is 11.5 Å². The van der Waals surface area contributed by atoms with Crippen molar-refractivity contribution in [3.8, 4) is 11.5 Å². The molecule has 7 nitrogen and oxygen atoms in total. The first-order valence-corrected chi connectivity index (χ1v) is 12.2. The zero-order valence-electron chi connectivity index (χ0n) is 18.8. The Bertz CT molecular complexity index is 1140.